The number of hydrogen-bond donors (Lipinski definition) is 1. The number of hydrogen-bond acceptors (Lipinski definition) is 7. The van der Waals surface area contributed by atoms with Gasteiger partial charge in [0.15, 0.2) is 6.10 Å². The lowest BCUT2D eigenvalue weighted by atomic mass is 9.91. The van der Waals surface area contributed by atoms with Gasteiger partial charge in [0.1, 0.15) is 10.5 Å². The Morgan fingerprint density at radius 2 is 1.76 bits per heavy atom. The Morgan fingerprint density at radius 1 is 1.00 bits per heavy atom. The number of thiazole rings is 1. The molecule has 1 N–H and O–H groups in total. The van der Waals surface area contributed by atoms with Crippen molar-refractivity contribution in [2.75, 3.05) is 0 Å². The summed E-state index contributed by atoms with van der Waals surface area (Å²) < 4.78 is 8.78. The number of benzene rings is 2. The first-order valence-electron chi connectivity index (χ1n) is 13.3. The molecule has 6 aromatic rings. The van der Waals surface area contributed by atoms with Gasteiger partial charge in [0, 0.05) is 35.0 Å². The summed E-state index contributed by atoms with van der Waals surface area (Å²) in [6, 6.07) is 17.2. The third kappa shape index (κ3) is 5.27. The van der Waals surface area contributed by atoms with E-state index in [9.17, 15) is 9.90 Å². The summed E-state index contributed by atoms with van der Waals surface area (Å²) >= 11 is 7.73. The van der Waals surface area contributed by atoms with Crippen molar-refractivity contribution in [2.45, 2.75) is 39.4 Å². The number of carboxylic acid groups (broad SMARTS) is 1. The third-order valence-electron chi connectivity index (χ3n) is 6.89. The second-order valence-electron chi connectivity index (χ2n) is 11.1. The van der Waals surface area contributed by atoms with Gasteiger partial charge in [-0.25, -0.2) is 14.8 Å². The number of rotatable bonds is 6. The van der Waals surface area contributed by atoms with Crippen LogP contribution in [-0.2, 0) is 16.6 Å². The molecular formula is C32H28ClN5O3S. The number of fused-ring (bicyclic) bond motifs is 2. The molecule has 0 aliphatic heterocycles. The van der Waals surface area contributed by atoms with Gasteiger partial charge in [-0.2, -0.15) is 5.10 Å². The van der Waals surface area contributed by atoms with E-state index in [2.05, 4.69) is 10.1 Å². The summed E-state index contributed by atoms with van der Waals surface area (Å²) in [6.45, 7) is 7.46. The molecule has 6 rings (SSSR count). The average Bonchev–Trinajstić information content (AvgIpc) is 3.54. The van der Waals surface area contributed by atoms with Gasteiger partial charge in [0.05, 0.1) is 38.9 Å². The van der Waals surface area contributed by atoms with Crippen LogP contribution < -0.4 is 0 Å². The van der Waals surface area contributed by atoms with E-state index < -0.39 is 17.7 Å². The number of carbonyl (C=O) groups is 1. The van der Waals surface area contributed by atoms with Crippen LogP contribution in [-0.4, -0.2) is 41.4 Å². The van der Waals surface area contributed by atoms with Crippen LogP contribution in [0.15, 0.2) is 67.0 Å². The monoisotopic (exact) mass is 597 g/mol. The van der Waals surface area contributed by atoms with Crippen LogP contribution in [0.25, 0.3) is 54.3 Å². The highest BCUT2D eigenvalue weighted by molar-refractivity contribution is 7.22. The van der Waals surface area contributed by atoms with Crippen LogP contribution in [0.4, 0.5) is 0 Å². The zero-order chi connectivity index (χ0) is 29.8. The van der Waals surface area contributed by atoms with Crippen LogP contribution in [0.2, 0.25) is 5.02 Å². The molecule has 0 aliphatic carbocycles. The quantitative estimate of drug-likeness (QED) is 0.208. The van der Waals surface area contributed by atoms with E-state index in [0.29, 0.717) is 10.6 Å². The first kappa shape index (κ1) is 28.0. The summed E-state index contributed by atoms with van der Waals surface area (Å²) in [5.74, 6) is -1.05. The first-order chi connectivity index (χ1) is 20.0. The molecular weight excluding hydrogens is 570 g/mol. The lowest BCUT2D eigenvalue weighted by molar-refractivity contribution is -0.160. The van der Waals surface area contributed by atoms with Gasteiger partial charge in [0.2, 0.25) is 0 Å². The highest BCUT2D eigenvalue weighted by atomic mass is 35.5. The summed E-state index contributed by atoms with van der Waals surface area (Å²) in [6.07, 6.45) is 2.31. The van der Waals surface area contributed by atoms with Gasteiger partial charge in [-0.05, 0) is 81.3 Å². The topological polar surface area (TPSA) is 103 Å². The molecule has 0 spiro atoms. The van der Waals surface area contributed by atoms with Gasteiger partial charge in [-0.15, -0.1) is 11.3 Å². The molecule has 0 amide bonds. The smallest absolute Gasteiger partial charge is 0.337 e. The molecule has 8 nitrogen and oxygen atoms in total. The number of aromatic nitrogens is 5. The maximum atomic E-state index is 12.6. The molecule has 4 aromatic heterocycles. The van der Waals surface area contributed by atoms with Crippen LogP contribution in [0, 0.1) is 6.92 Å². The number of nitrogens with zero attached hydrogens (tertiary/aromatic N) is 5. The second kappa shape index (κ2) is 10.6. The van der Waals surface area contributed by atoms with Crippen LogP contribution in [0.1, 0.15) is 38.0 Å². The number of ether oxygens (including phenoxy) is 1. The molecule has 4 heterocycles. The minimum Gasteiger partial charge on any atom is -0.479 e. The van der Waals surface area contributed by atoms with Crippen molar-refractivity contribution in [3.8, 4) is 33.1 Å². The fourth-order valence-corrected chi connectivity index (χ4v) is 6.30. The van der Waals surface area contributed by atoms with Gasteiger partial charge in [0.25, 0.3) is 0 Å². The molecule has 0 aliphatic rings. The van der Waals surface area contributed by atoms with Crippen molar-refractivity contribution in [3.05, 3.63) is 83.1 Å². The molecule has 0 bridgehead atoms. The average molecular weight is 598 g/mol. The van der Waals surface area contributed by atoms with E-state index in [1.165, 1.54) is 11.3 Å². The van der Waals surface area contributed by atoms with Crippen molar-refractivity contribution < 1.29 is 14.6 Å². The summed E-state index contributed by atoms with van der Waals surface area (Å²) in [5, 5.41) is 16.0. The van der Waals surface area contributed by atoms with Gasteiger partial charge in [-0.1, -0.05) is 23.7 Å². The Hall–Kier alpha value is -4.18. The van der Waals surface area contributed by atoms with E-state index in [1.54, 1.807) is 29.2 Å². The summed E-state index contributed by atoms with van der Waals surface area (Å²) in [5.41, 5.74) is 7.18. The Kier molecular flexibility index (Phi) is 7.04. The summed E-state index contributed by atoms with van der Waals surface area (Å²) in [7, 11) is 1.88. The minimum atomic E-state index is -1.17. The van der Waals surface area contributed by atoms with Crippen molar-refractivity contribution in [1.82, 2.24) is 24.7 Å². The molecule has 0 fully saturated rings. The van der Waals surface area contributed by atoms with E-state index in [-0.39, 0.29) is 0 Å². The van der Waals surface area contributed by atoms with Crippen molar-refractivity contribution in [3.63, 3.8) is 0 Å². The maximum Gasteiger partial charge on any atom is 0.337 e. The molecule has 0 saturated carbocycles. The molecule has 42 heavy (non-hydrogen) atoms. The Bertz CT molecular complexity index is 1980. The van der Waals surface area contributed by atoms with Crippen molar-refractivity contribution in [2.24, 2.45) is 7.05 Å². The van der Waals surface area contributed by atoms with E-state index in [1.807, 2.05) is 77.2 Å². The van der Waals surface area contributed by atoms with Crippen LogP contribution in [0.5, 0.6) is 0 Å². The highest BCUT2D eigenvalue weighted by Gasteiger charge is 2.32. The lowest BCUT2D eigenvalue weighted by Crippen LogP contribution is -2.28. The fraction of sp³-hybridized carbons (Fsp3) is 0.219. The van der Waals surface area contributed by atoms with Gasteiger partial charge >= 0.3 is 5.97 Å². The van der Waals surface area contributed by atoms with Gasteiger partial charge in [-0.3, -0.25) is 9.67 Å². The zero-order valence-corrected chi connectivity index (χ0v) is 25.3. The molecule has 1 atom stereocenters. The zero-order valence-electron chi connectivity index (χ0n) is 23.7. The fourth-order valence-electron chi connectivity index (χ4n) is 5.05. The van der Waals surface area contributed by atoms with E-state index in [0.717, 1.165) is 59.9 Å². The van der Waals surface area contributed by atoms with Crippen molar-refractivity contribution >= 4 is 50.2 Å². The number of carboxylic acids is 1. The van der Waals surface area contributed by atoms with Crippen molar-refractivity contribution in [1.29, 1.82) is 0 Å². The highest BCUT2D eigenvalue weighted by Crippen LogP contribution is 2.44. The van der Waals surface area contributed by atoms with Gasteiger partial charge < -0.3 is 9.84 Å². The molecule has 0 saturated heterocycles. The summed E-state index contributed by atoms with van der Waals surface area (Å²) in [4.78, 5) is 26.9. The molecule has 1 unspecified atom stereocenters. The standard InChI is InChI=1S/C32H28ClN5O3S/c1-17-14-23-29(27(18-6-8-20(33)9-7-18)26(17)28(31(39)40)41-32(2,3)4)42-30(37-23)19-12-13-34-22(15-19)21-10-11-25-24(36-21)16-35-38(25)5/h6-16,28H,1-5H3,(H,39,40). The first-order valence-corrected chi connectivity index (χ1v) is 14.5. The number of pyridine rings is 2. The molecule has 0 radical (unpaired) electrons. The minimum absolute atomic E-state index is 0.595. The Morgan fingerprint density at radius 3 is 2.48 bits per heavy atom. The van der Waals surface area contributed by atoms with Crippen LogP contribution >= 0.6 is 22.9 Å². The lowest BCUT2D eigenvalue weighted by Gasteiger charge is -2.28. The number of aliphatic carboxylic acids is 1. The number of aryl methyl sites for hydroxylation is 2. The maximum absolute atomic E-state index is 12.6. The largest absolute Gasteiger partial charge is 0.479 e. The second-order valence-corrected chi connectivity index (χ2v) is 12.5. The van der Waals surface area contributed by atoms with Crippen LogP contribution in [0.3, 0.4) is 0 Å². The molecule has 2 aromatic carbocycles. The predicted molar refractivity (Wildman–Crippen MR) is 167 cm³/mol. The number of halogens is 1. The predicted octanol–water partition coefficient (Wildman–Crippen LogP) is 7.88. The SMILES string of the molecule is Cc1cc2nc(-c3ccnc(-c4ccc5c(cnn5C)n4)c3)sc2c(-c2ccc(Cl)cc2)c1C(OC(C)(C)C)C(=O)O. The normalized spacial score (nSPS) is 12.7. The Balaban J connectivity index is 1.53. The van der Waals surface area contributed by atoms with E-state index in [4.69, 9.17) is 26.3 Å². The molecule has 10 heteroatoms. The van der Waals surface area contributed by atoms with E-state index >= 15 is 0 Å². The molecule has 212 valence electrons. The third-order valence-corrected chi connectivity index (χ3v) is 8.28. The Labute approximate surface area is 251 Å².